The Hall–Kier alpha value is 0.660. The first kappa shape index (κ1) is 7.66. The summed E-state index contributed by atoms with van der Waals surface area (Å²) in [5.74, 6) is 0. The lowest BCUT2D eigenvalue weighted by molar-refractivity contribution is 0.302. The molecule has 0 rings (SSSR count). The third kappa shape index (κ3) is 4.51. The zero-order valence-electron chi connectivity index (χ0n) is 3.69. The maximum Gasteiger partial charge on any atom is 0.0476 e. The molecule has 0 aliphatic rings. The normalized spacial score (nSPS) is 12.1. The monoisotopic (exact) mass is 228 g/mol. The van der Waals surface area contributed by atoms with Crippen molar-refractivity contribution in [1.82, 2.24) is 0 Å². The third-order valence-electron chi connectivity index (χ3n) is 0.469. The van der Waals surface area contributed by atoms with Gasteiger partial charge in [-0.15, -0.1) is 0 Å². The highest BCUT2D eigenvalue weighted by atomic mass is 79.9. The quantitative estimate of drug-likeness (QED) is 0.768. The Kier molecular flexibility index (Phi) is 5.26. The van der Waals surface area contributed by atoms with Gasteiger partial charge in [-0.3, -0.25) is 0 Å². The maximum absolute atomic E-state index is 8.28. The third-order valence-corrected chi connectivity index (χ3v) is 2.26. The number of rotatable bonds is 2. The topological polar surface area (TPSA) is 20.2 Å². The van der Waals surface area contributed by atoms with Crippen molar-refractivity contribution in [3.8, 4) is 0 Å². The highest BCUT2D eigenvalue weighted by Crippen LogP contribution is 2.10. The van der Waals surface area contributed by atoms with E-state index in [-0.39, 0.29) is 6.61 Å². The van der Waals surface area contributed by atoms with Crippen LogP contribution in [0, 0.1) is 0 Å². The van der Waals surface area contributed by atoms with Gasteiger partial charge in [0, 0.05) is 17.5 Å². The van der Waals surface area contributed by atoms with E-state index in [9.17, 15) is 0 Å². The van der Waals surface area contributed by atoms with Crippen LogP contribution in [0.3, 0.4) is 0 Å². The van der Waals surface area contributed by atoms with E-state index in [1.165, 1.54) is 0 Å². The lowest BCUT2D eigenvalue weighted by Gasteiger charge is -1.87. The summed E-state index contributed by atoms with van der Waals surface area (Å²) in [6.07, 6.45) is 0.686. The van der Waals surface area contributed by atoms with Gasteiger partial charge in [-0.2, -0.15) is 0 Å². The van der Waals surface area contributed by atoms with E-state index in [0.29, 0.717) is 6.42 Å². The molecule has 0 bridgehead atoms. The van der Waals surface area contributed by atoms with Crippen molar-refractivity contribution in [2.24, 2.45) is 0 Å². The summed E-state index contributed by atoms with van der Waals surface area (Å²) in [6, 6.07) is 0. The fourth-order valence-electron chi connectivity index (χ4n) is 0.161. The van der Waals surface area contributed by atoms with E-state index in [1.807, 2.05) is 0 Å². The molecule has 0 aromatic rings. The average Bonchev–Trinajstić information content (AvgIpc) is 1.68. The highest BCUT2D eigenvalue weighted by molar-refractivity contribution is 9.14. The summed E-state index contributed by atoms with van der Waals surface area (Å²) in [4.78, 5) is 1.74. The van der Waals surface area contributed by atoms with Crippen molar-refractivity contribution >= 4 is 31.9 Å². The minimum absolute atomic E-state index is 0.197. The number of aliphatic hydroxyl groups excluding tert-OH is 1. The Bertz CT molecular complexity index is 70.1. The van der Waals surface area contributed by atoms with Crippen LogP contribution < -0.4 is 0 Å². The Labute approximate surface area is 59.7 Å². The minimum atomic E-state index is 0.197. The number of aliphatic hydroxyl groups is 1. The van der Waals surface area contributed by atoms with E-state index in [1.54, 1.807) is 4.99 Å². The van der Waals surface area contributed by atoms with Gasteiger partial charge in [-0.25, -0.2) is 0 Å². The van der Waals surface area contributed by atoms with Crippen LogP contribution in [0.15, 0.2) is 9.47 Å². The molecule has 0 atom stereocenters. The molecule has 0 radical (unpaired) electrons. The molecular formula is C4H6Br2O. The summed E-state index contributed by atoms with van der Waals surface area (Å²) in [5, 5.41) is 8.28. The predicted molar refractivity (Wildman–Crippen MR) is 37.6 cm³/mol. The summed E-state index contributed by atoms with van der Waals surface area (Å²) in [5.41, 5.74) is 0. The Morgan fingerprint density at radius 1 is 1.71 bits per heavy atom. The molecule has 0 aliphatic heterocycles. The van der Waals surface area contributed by atoms with Gasteiger partial charge in [-0.1, -0.05) is 31.9 Å². The first-order valence-corrected chi connectivity index (χ1v) is 3.57. The Morgan fingerprint density at radius 2 is 2.29 bits per heavy atom. The van der Waals surface area contributed by atoms with Crippen LogP contribution >= 0.6 is 31.9 Å². The first-order chi connectivity index (χ1) is 3.31. The highest BCUT2D eigenvalue weighted by Gasteiger charge is 1.84. The number of hydrogen-bond donors (Lipinski definition) is 1. The van der Waals surface area contributed by atoms with Crippen LogP contribution in [0.2, 0.25) is 0 Å². The van der Waals surface area contributed by atoms with Gasteiger partial charge in [0.1, 0.15) is 0 Å². The molecule has 0 unspecified atom stereocenters. The molecule has 0 fully saturated rings. The van der Waals surface area contributed by atoms with Gasteiger partial charge in [0.15, 0.2) is 0 Å². The standard InChI is InChI=1S/C4H6Br2O/c5-3-4(6)1-2-7/h3,7H,1-2H2. The molecule has 0 heterocycles. The summed E-state index contributed by atoms with van der Waals surface area (Å²) < 4.78 is 0.981. The second-order valence-corrected chi connectivity index (χ2v) is 2.51. The fourth-order valence-corrected chi connectivity index (χ4v) is 0.568. The zero-order chi connectivity index (χ0) is 5.70. The summed E-state index contributed by atoms with van der Waals surface area (Å²) in [7, 11) is 0. The molecule has 0 saturated carbocycles. The Balaban J connectivity index is 3.17. The zero-order valence-corrected chi connectivity index (χ0v) is 6.87. The van der Waals surface area contributed by atoms with Gasteiger partial charge in [0.25, 0.3) is 0 Å². The minimum Gasteiger partial charge on any atom is -0.396 e. The summed E-state index contributed by atoms with van der Waals surface area (Å²) in [6.45, 7) is 0.197. The van der Waals surface area contributed by atoms with Crippen LogP contribution in [0.1, 0.15) is 6.42 Å². The lowest BCUT2D eigenvalue weighted by atomic mass is 10.5. The second kappa shape index (κ2) is 4.81. The van der Waals surface area contributed by atoms with Gasteiger partial charge in [0.2, 0.25) is 0 Å². The molecule has 0 amide bonds. The van der Waals surface area contributed by atoms with Gasteiger partial charge in [0.05, 0.1) is 0 Å². The molecule has 0 saturated heterocycles. The molecule has 1 nitrogen and oxygen atoms in total. The molecule has 0 aromatic heterocycles. The van der Waals surface area contributed by atoms with Crippen molar-refractivity contribution < 1.29 is 5.11 Å². The van der Waals surface area contributed by atoms with E-state index < -0.39 is 0 Å². The Morgan fingerprint density at radius 3 is 2.43 bits per heavy atom. The van der Waals surface area contributed by atoms with Crippen molar-refractivity contribution in [2.45, 2.75) is 6.42 Å². The number of hydrogen-bond acceptors (Lipinski definition) is 1. The van der Waals surface area contributed by atoms with Crippen LogP contribution in [0.4, 0.5) is 0 Å². The summed E-state index contributed by atoms with van der Waals surface area (Å²) >= 11 is 6.29. The average molecular weight is 230 g/mol. The van der Waals surface area contributed by atoms with Crippen molar-refractivity contribution in [2.75, 3.05) is 6.61 Å². The maximum atomic E-state index is 8.28. The van der Waals surface area contributed by atoms with Crippen LogP contribution in [-0.4, -0.2) is 11.7 Å². The first-order valence-electron chi connectivity index (χ1n) is 1.87. The molecular weight excluding hydrogens is 224 g/mol. The van der Waals surface area contributed by atoms with Crippen LogP contribution in [0.5, 0.6) is 0 Å². The van der Waals surface area contributed by atoms with Crippen LogP contribution in [0.25, 0.3) is 0 Å². The van der Waals surface area contributed by atoms with Crippen molar-refractivity contribution in [3.63, 3.8) is 0 Å². The smallest absolute Gasteiger partial charge is 0.0476 e. The molecule has 0 aliphatic carbocycles. The molecule has 1 N–H and O–H groups in total. The van der Waals surface area contributed by atoms with E-state index in [0.717, 1.165) is 4.48 Å². The van der Waals surface area contributed by atoms with Crippen molar-refractivity contribution in [1.29, 1.82) is 0 Å². The molecule has 7 heavy (non-hydrogen) atoms. The fraction of sp³-hybridized carbons (Fsp3) is 0.500. The lowest BCUT2D eigenvalue weighted by Crippen LogP contribution is -1.78. The van der Waals surface area contributed by atoms with E-state index >= 15 is 0 Å². The van der Waals surface area contributed by atoms with E-state index in [4.69, 9.17) is 5.11 Å². The molecule has 3 heteroatoms. The van der Waals surface area contributed by atoms with E-state index in [2.05, 4.69) is 31.9 Å². The predicted octanol–water partition coefficient (Wildman–Crippen LogP) is 2.00. The van der Waals surface area contributed by atoms with Gasteiger partial charge >= 0.3 is 0 Å². The largest absolute Gasteiger partial charge is 0.396 e. The van der Waals surface area contributed by atoms with Gasteiger partial charge < -0.3 is 5.11 Å². The second-order valence-electron chi connectivity index (χ2n) is 1.03. The molecule has 0 spiro atoms. The molecule has 42 valence electrons. The SMILES string of the molecule is OCCC(Br)=CBr. The van der Waals surface area contributed by atoms with Gasteiger partial charge in [-0.05, 0) is 4.99 Å². The van der Waals surface area contributed by atoms with Crippen LogP contribution in [-0.2, 0) is 0 Å². The van der Waals surface area contributed by atoms with Crippen molar-refractivity contribution in [3.05, 3.63) is 9.47 Å². The number of halogens is 2. The molecule has 0 aromatic carbocycles.